The Labute approximate surface area is 229 Å². The summed E-state index contributed by atoms with van der Waals surface area (Å²) in [6, 6.07) is 17.6. The standard InChI is InChI=1S/C30H25ClN2O4S/c1-15(2)17-4-6-18(7-5-17)26-25(27(34)19-8-11-23-20(13-19)12-16(3)37-23)28(35)29(36)33(26)30-32-22-10-9-21(31)14-24(22)38-30/h4-11,13-16,26,34H,12H2,1-3H3/b27-25+/t16-,26-/m1/s1. The van der Waals surface area contributed by atoms with E-state index in [4.69, 9.17) is 16.3 Å². The number of thiazole rings is 1. The van der Waals surface area contributed by atoms with Crippen LogP contribution in [-0.2, 0) is 16.0 Å². The van der Waals surface area contributed by atoms with E-state index in [9.17, 15) is 14.7 Å². The topological polar surface area (TPSA) is 79.7 Å². The Hall–Kier alpha value is -3.68. The second kappa shape index (κ2) is 9.26. The highest BCUT2D eigenvalue weighted by Crippen LogP contribution is 2.45. The molecule has 1 fully saturated rings. The van der Waals surface area contributed by atoms with Crippen molar-refractivity contribution >= 4 is 55.7 Å². The molecule has 3 heterocycles. The number of fused-ring (bicyclic) bond motifs is 2. The van der Waals surface area contributed by atoms with E-state index in [-0.39, 0.29) is 17.4 Å². The van der Waals surface area contributed by atoms with E-state index >= 15 is 0 Å². The van der Waals surface area contributed by atoms with E-state index in [1.807, 2.05) is 37.3 Å². The number of aliphatic hydroxyl groups is 1. The number of nitrogens with zero attached hydrogens (tertiary/aromatic N) is 2. The number of carbonyl (C=O) groups is 2. The number of hydrogen-bond acceptors (Lipinski definition) is 6. The van der Waals surface area contributed by atoms with Crippen molar-refractivity contribution in [3.63, 3.8) is 0 Å². The number of rotatable bonds is 4. The number of hydrogen-bond donors (Lipinski definition) is 1. The Morgan fingerprint density at radius 2 is 1.87 bits per heavy atom. The first-order chi connectivity index (χ1) is 18.2. The van der Waals surface area contributed by atoms with Gasteiger partial charge in [0.05, 0.1) is 21.8 Å². The predicted octanol–water partition coefficient (Wildman–Crippen LogP) is 7.02. The van der Waals surface area contributed by atoms with Gasteiger partial charge < -0.3 is 9.84 Å². The number of halogens is 1. The molecule has 0 aliphatic carbocycles. The number of Topliss-reactive ketones (excluding diaryl/α,β-unsaturated/α-hetero) is 1. The van der Waals surface area contributed by atoms with E-state index in [1.54, 1.807) is 30.3 Å². The summed E-state index contributed by atoms with van der Waals surface area (Å²) < 4.78 is 6.60. The SMILES string of the molecule is CC(C)c1ccc([C@@H]2/C(=C(\O)c3ccc4c(c3)C[C@@H](C)O4)C(=O)C(=O)N2c2nc3ccc(Cl)cc3s2)cc1. The van der Waals surface area contributed by atoms with Crippen molar-refractivity contribution in [1.29, 1.82) is 0 Å². The molecule has 192 valence electrons. The largest absolute Gasteiger partial charge is 0.507 e. The van der Waals surface area contributed by atoms with Crippen LogP contribution in [0.5, 0.6) is 5.75 Å². The number of anilines is 1. The van der Waals surface area contributed by atoms with Crippen molar-refractivity contribution in [3.05, 3.63) is 93.5 Å². The lowest BCUT2D eigenvalue weighted by molar-refractivity contribution is -0.132. The number of ether oxygens (including phenoxy) is 1. The first-order valence-corrected chi connectivity index (χ1v) is 13.7. The maximum atomic E-state index is 13.5. The van der Waals surface area contributed by atoms with Gasteiger partial charge in [0, 0.05) is 17.0 Å². The van der Waals surface area contributed by atoms with Gasteiger partial charge in [-0.1, -0.05) is 61.1 Å². The molecule has 4 aromatic rings. The number of benzene rings is 3. The molecule has 1 amide bonds. The molecule has 2 atom stereocenters. The highest BCUT2D eigenvalue weighted by Gasteiger charge is 2.48. The fourth-order valence-electron chi connectivity index (χ4n) is 5.12. The Kier molecular flexibility index (Phi) is 6.00. The molecule has 0 unspecified atom stereocenters. The van der Waals surface area contributed by atoms with Gasteiger partial charge in [-0.05, 0) is 65.9 Å². The molecular weight excluding hydrogens is 520 g/mol. The van der Waals surface area contributed by atoms with Crippen LogP contribution in [0, 0.1) is 0 Å². The van der Waals surface area contributed by atoms with E-state index in [0.717, 1.165) is 21.6 Å². The van der Waals surface area contributed by atoms with Crippen LogP contribution in [-0.4, -0.2) is 27.9 Å². The number of carbonyl (C=O) groups excluding carboxylic acids is 2. The van der Waals surface area contributed by atoms with Gasteiger partial charge in [0.15, 0.2) is 5.13 Å². The van der Waals surface area contributed by atoms with Crippen LogP contribution in [0.1, 0.15) is 55.0 Å². The van der Waals surface area contributed by atoms with Crippen LogP contribution >= 0.6 is 22.9 Å². The molecule has 2 aliphatic heterocycles. The van der Waals surface area contributed by atoms with E-state index in [1.165, 1.54) is 16.2 Å². The van der Waals surface area contributed by atoms with Gasteiger partial charge in [0.1, 0.15) is 17.6 Å². The lowest BCUT2D eigenvalue weighted by atomic mass is 9.93. The maximum Gasteiger partial charge on any atom is 0.301 e. The maximum absolute atomic E-state index is 13.5. The minimum Gasteiger partial charge on any atom is -0.507 e. The molecule has 6 nitrogen and oxygen atoms in total. The van der Waals surface area contributed by atoms with Crippen LogP contribution in [0.25, 0.3) is 16.0 Å². The zero-order chi connectivity index (χ0) is 26.7. The summed E-state index contributed by atoms with van der Waals surface area (Å²) in [6.45, 7) is 6.19. The molecule has 0 spiro atoms. The van der Waals surface area contributed by atoms with Gasteiger partial charge in [-0.15, -0.1) is 0 Å². The normalized spacial score (nSPS) is 20.4. The van der Waals surface area contributed by atoms with Crippen LogP contribution < -0.4 is 9.64 Å². The summed E-state index contributed by atoms with van der Waals surface area (Å²) in [6.07, 6.45) is 0.749. The molecule has 1 N–H and O–H groups in total. The lowest BCUT2D eigenvalue weighted by Gasteiger charge is -2.23. The monoisotopic (exact) mass is 544 g/mol. The summed E-state index contributed by atoms with van der Waals surface area (Å²) >= 11 is 7.46. The molecule has 3 aromatic carbocycles. The Morgan fingerprint density at radius 3 is 2.61 bits per heavy atom. The molecule has 0 bridgehead atoms. The average Bonchev–Trinajstić information content (AvgIpc) is 3.55. The van der Waals surface area contributed by atoms with Crippen molar-refractivity contribution in [2.75, 3.05) is 4.90 Å². The molecule has 6 rings (SSSR count). The first-order valence-electron chi connectivity index (χ1n) is 12.5. The second-order valence-electron chi connectivity index (χ2n) is 10.1. The first kappa shape index (κ1) is 24.6. The highest BCUT2D eigenvalue weighted by atomic mass is 35.5. The third kappa shape index (κ3) is 4.06. The Bertz CT molecular complexity index is 1640. The Balaban J connectivity index is 1.53. The average molecular weight is 545 g/mol. The van der Waals surface area contributed by atoms with Crippen LogP contribution in [0.4, 0.5) is 5.13 Å². The van der Waals surface area contributed by atoms with Gasteiger partial charge in [-0.3, -0.25) is 14.5 Å². The van der Waals surface area contributed by atoms with Crippen molar-refractivity contribution in [3.8, 4) is 5.75 Å². The summed E-state index contributed by atoms with van der Waals surface area (Å²) in [5.74, 6) is -0.602. The molecule has 1 aromatic heterocycles. The molecule has 0 radical (unpaired) electrons. The minimum absolute atomic E-state index is 0.0384. The second-order valence-corrected chi connectivity index (χ2v) is 11.5. The zero-order valence-corrected chi connectivity index (χ0v) is 22.6. The third-order valence-corrected chi connectivity index (χ3v) is 8.33. The summed E-state index contributed by atoms with van der Waals surface area (Å²) in [4.78, 5) is 33.1. The number of aromatic nitrogens is 1. The van der Waals surface area contributed by atoms with Crippen molar-refractivity contribution in [1.82, 2.24) is 4.98 Å². The summed E-state index contributed by atoms with van der Waals surface area (Å²) in [7, 11) is 0. The summed E-state index contributed by atoms with van der Waals surface area (Å²) in [5, 5.41) is 12.5. The lowest BCUT2D eigenvalue weighted by Crippen LogP contribution is -2.29. The van der Waals surface area contributed by atoms with Crippen LogP contribution in [0.3, 0.4) is 0 Å². The molecule has 8 heteroatoms. The van der Waals surface area contributed by atoms with Gasteiger partial charge in [0.2, 0.25) is 0 Å². The van der Waals surface area contributed by atoms with Crippen LogP contribution in [0.15, 0.2) is 66.2 Å². The number of ketones is 1. The molecular formula is C30H25ClN2O4S. The van der Waals surface area contributed by atoms with E-state index < -0.39 is 17.7 Å². The molecule has 38 heavy (non-hydrogen) atoms. The molecule has 2 aliphatic rings. The smallest absolute Gasteiger partial charge is 0.301 e. The van der Waals surface area contributed by atoms with Gasteiger partial charge >= 0.3 is 5.91 Å². The Morgan fingerprint density at radius 1 is 1.11 bits per heavy atom. The fraction of sp³-hybridized carbons (Fsp3) is 0.233. The molecule has 1 saturated heterocycles. The van der Waals surface area contributed by atoms with Crippen molar-refractivity contribution < 1.29 is 19.4 Å². The van der Waals surface area contributed by atoms with Crippen molar-refractivity contribution in [2.24, 2.45) is 0 Å². The predicted molar refractivity (Wildman–Crippen MR) is 150 cm³/mol. The van der Waals surface area contributed by atoms with Crippen LogP contribution in [0.2, 0.25) is 5.02 Å². The molecule has 0 saturated carbocycles. The zero-order valence-electron chi connectivity index (χ0n) is 21.1. The van der Waals surface area contributed by atoms with Gasteiger partial charge in [0.25, 0.3) is 5.78 Å². The minimum atomic E-state index is -0.837. The fourth-order valence-corrected chi connectivity index (χ4v) is 6.39. The summed E-state index contributed by atoms with van der Waals surface area (Å²) in [5.41, 5.74) is 3.99. The number of amides is 1. The quantitative estimate of drug-likeness (QED) is 0.170. The van der Waals surface area contributed by atoms with E-state index in [0.29, 0.717) is 39.1 Å². The van der Waals surface area contributed by atoms with Gasteiger partial charge in [-0.25, -0.2) is 4.98 Å². The van der Waals surface area contributed by atoms with E-state index in [2.05, 4.69) is 18.8 Å². The highest BCUT2D eigenvalue weighted by molar-refractivity contribution is 7.22. The van der Waals surface area contributed by atoms with Gasteiger partial charge in [-0.2, -0.15) is 0 Å². The van der Waals surface area contributed by atoms with Crippen molar-refractivity contribution in [2.45, 2.75) is 45.3 Å². The third-order valence-electron chi connectivity index (χ3n) is 7.08. The number of aliphatic hydroxyl groups excluding tert-OH is 1.